The molecule has 0 aliphatic rings. The number of alkyl halides is 3. The molecule has 0 aromatic carbocycles. The second-order valence-electron chi connectivity index (χ2n) is 2.47. The molecule has 0 radical (unpaired) electrons. The molecule has 1 aromatic heterocycles. The maximum atomic E-state index is 12.0. The normalized spacial score (nSPS) is 11.7. The summed E-state index contributed by atoms with van der Waals surface area (Å²) in [5.41, 5.74) is 5.52. The number of hydrogen-bond acceptors (Lipinski definition) is 2. The molecule has 0 saturated carbocycles. The van der Waals surface area contributed by atoms with Crippen molar-refractivity contribution in [3.63, 3.8) is 0 Å². The van der Waals surface area contributed by atoms with Crippen molar-refractivity contribution in [2.75, 3.05) is 6.54 Å². The van der Waals surface area contributed by atoms with E-state index in [0.29, 0.717) is 5.57 Å². The molecule has 1 heterocycles. The van der Waals surface area contributed by atoms with Crippen LogP contribution in [-0.4, -0.2) is 6.54 Å². The molecule has 5 heteroatoms. The van der Waals surface area contributed by atoms with Crippen molar-refractivity contribution >= 4 is 5.57 Å². The third kappa shape index (κ3) is 2.12. The Balaban J connectivity index is 2.93. The highest BCUT2D eigenvalue weighted by Crippen LogP contribution is 2.31. The Bertz CT molecular complexity index is 313. The number of furan rings is 1. The van der Waals surface area contributed by atoms with Crippen molar-refractivity contribution < 1.29 is 17.6 Å². The molecular formula is C8H8F3NO. The molecule has 0 bridgehead atoms. The molecule has 1 rings (SSSR count). The smallest absolute Gasteiger partial charge is 0.449 e. The van der Waals surface area contributed by atoms with Crippen LogP contribution in [0.15, 0.2) is 23.1 Å². The predicted octanol–water partition coefficient (Wildman–Crippen LogP) is 2.27. The molecule has 0 atom stereocenters. The van der Waals surface area contributed by atoms with Crippen LogP contribution in [0.5, 0.6) is 0 Å². The molecule has 1 aromatic rings. The van der Waals surface area contributed by atoms with Crippen LogP contribution >= 0.6 is 0 Å². The van der Waals surface area contributed by atoms with Gasteiger partial charge in [0, 0.05) is 12.1 Å². The first-order valence-electron chi connectivity index (χ1n) is 3.50. The van der Waals surface area contributed by atoms with Crippen LogP contribution in [0.25, 0.3) is 5.57 Å². The van der Waals surface area contributed by atoms with Crippen LogP contribution in [0, 0.1) is 0 Å². The first-order chi connectivity index (χ1) is 5.95. The predicted molar refractivity (Wildman–Crippen MR) is 41.8 cm³/mol. The fourth-order valence-corrected chi connectivity index (χ4v) is 0.781. The molecule has 0 aliphatic heterocycles. The van der Waals surface area contributed by atoms with E-state index in [0.717, 1.165) is 6.07 Å². The van der Waals surface area contributed by atoms with E-state index in [1.165, 1.54) is 6.07 Å². The van der Waals surface area contributed by atoms with E-state index < -0.39 is 11.9 Å². The summed E-state index contributed by atoms with van der Waals surface area (Å²) in [5.74, 6) is -0.952. The number of hydrogen-bond donors (Lipinski definition) is 1. The van der Waals surface area contributed by atoms with Gasteiger partial charge in [0.05, 0.1) is 0 Å². The molecule has 0 amide bonds. The summed E-state index contributed by atoms with van der Waals surface area (Å²) in [4.78, 5) is 0. The van der Waals surface area contributed by atoms with Gasteiger partial charge in [-0.1, -0.05) is 6.58 Å². The Kier molecular flexibility index (Phi) is 2.47. The summed E-state index contributed by atoms with van der Waals surface area (Å²) in [6, 6.07) is 2.06. The highest BCUT2D eigenvalue weighted by molar-refractivity contribution is 5.60. The van der Waals surface area contributed by atoms with Crippen molar-refractivity contribution in [1.82, 2.24) is 0 Å². The van der Waals surface area contributed by atoms with E-state index in [9.17, 15) is 13.2 Å². The molecule has 13 heavy (non-hydrogen) atoms. The Hall–Kier alpha value is -1.23. The lowest BCUT2D eigenvalue weighted by atomic mass is 10.2. The topological polar surface area (TPSA) is 39.2 Å². The fraction of sp³-hybridized carbons (Fsp3) is 0.250. The van der Waals surface area contributed by atoms with E-state index in [1.54, 1.807) is 0 Å². The van der Waals surface area contributed by atoms with E-state index in [4.69, 9.17) is 5.73 Å². The minimum Gasteiger partial charge on any atom is -0.452 e. The second kappa shape index (κ2) is 3.26. The van der Waals surface area contributed by atoms with Gasteiger partial charge in [-0.15, -0.1) is 0 Å². The van der Waals surface area contributed by atoms with Crippen LogP contribution in [-0.2, 0) is 6.18 Å². The second-order valence-corrected chi connectivity index (χ2v) is 2.47. The van der Waals surface area contributed by atoms with Gasteiger partial charge < -0.3 is 10.2 Å². The number of nitrogens with two attached hydrogens (primary N) is 1. The highest BCUT2D eigenvalue weighted by atomic mass is 19.4. The lowest BCUT2D eigenvalue weighted by Crippen LogP contribution is -2.03. The van der Waals surface area contributed by atoms with Crippen molar-refractivity contribution in [3.8, 4) is 0 Å². The molecular weight excluding hydrogens is 183 g/mol. The largest absolute Gasteiger partial charge is 0.452 e. The fourth-order valence-electron chi connectivity index (χ4n) is 0.781. The third-order valence-electron chi connectivity index (χ3n) is 1.48. The van der Waals surface area contributed by atoms with Gasteiger partial charge in [-0.2, -0.15) is 13.2 Å². The van der Waals surface area contributed by atoms with E-state index in [1.807, 2.05) is 0 Å². The molecule has 2 nitrogen and oxygen atoms in total. The Morgan fingerprint density at radius 1 is 1.46 bits per heavy atom. The summed E-state index contributed by atoms with van der Waals surface area (Å²) in [7, 11) is 0. The summed E-state index contributed by atoms with van der Waals surface area (Å²) in [5, 5.41) is 0. The van der Waals surface area contributed by atoms with Gasteiger partial charge in [0.15, 0.2) is 0 Å². The summed E-state index contributed by atoms with van der Waals surface area (Å²) < 4.78 is 40.5. The van der Waals surface area contributed by atoms with Crippen LogP contribution in [0.1, 0.15) is 11.5 Å². The average Bonchev–Trinajstić information content (AvgIpc) is 2.50. The molecule has 0 saturated heterocycles. The zero-order valence-electron chi connectivity index (χ0n) is 6.69. The van der Waals surface area contributed by atoms with E-state index in [2.05, 4.69) is 11.0 Å². The minimum atomic E-state index is -4.45. The molecule has 0 unspecified atom stereocenters. The maximum Gasteiger partial charge on any atom is 0.449 e. The van der Waals surface area contributed by atoms with Crippen LogP contribution in [0.4, 0.5) is 13.2 Å². The lowest BCUT2D eigenvalue weighted by molar-refractivity contribution is -0.153. The van der Waals surface area contributed by atoms with Gasteiger partial charge in [-0.05, 0) is 12.1 Å². The zero-order chi connectivity index (χ0) is 10.1. The quantitative estimate of drug-likeness (QED) is 0.778. The molecule has 0 aliphatic carbocycles. The van der Waals surface area contributed by atoms with Gasteiger partial charge >= 0.3 is 6.18 Å². The number of rotatable bonds is 2. The Morgan fingerprint density at radius 2 is 2.08 bits per heavy atom. The molecule has 72 valence electrons. The third-order valence-corrected chi connectivity index (χ3v) is 1.48. The average molecular weight is 191 g/mol. The zero-order valence-corrected chi connectivity index (χ0v) is 6.69. The minimum absolute atomic E-state index is 0.0742. The number of halogens is 3. The van der Waals surface area contributed by atoms with E-state index in [-0.39, 0.29) is 12.3 Å². The van der Waals surface area contributed by atoms with Crippen LogP contribution in [0.2, 0.25) is 0 Å². The Morgan fingerprint density at radius 3 is 2.46 bits per heavy atom. The van der Waals surface area contributed by atoms with Crippen molar-refractivity contribution in [3.05, 3.63) is 30.2 Å². The summed E-state index contributed by atoms with van der Waals surface area (Å²) in [6.45, 7) is 3.53. The molecule has 2 N–H and O–H groups in total. The van der Waals surface area contributed by atoms with Gasteiger partial charge in [0.1, 0.15) is 5.76 Å². The maximum absolute atomic E-state index is 12.0. The Labute approximate surface area is 72.8 Å². The highest BCUT2D eigenvalue weighted by Gasteiger charge is 2.34. The van der Waals surface area contributed by atoms with Crippen molar-refractivity contribution in [1.29, 1.82) is 0 Å². The monoisotopic (exact) mass is 191 g/mol. The van der Waals surface area contributed by atoms with Crippen molar-refractivity contribution in [2.45, 2.75) is 6.18 Å². The van der Waals surface area contributed by atoms with E-state index >= 15 is 0 Å². The first kappa shape index (κ1) is 9.85. The summed E-state index contributed by atoms with van der Waals surface area (Å²) in [6.07, 6.45) is -4.45. The first-order valence-corrected chi connectivity index (χ1v) is 3.50. The van der Waals surface area contributed by atoms with Crippen LogP contribution < -0.4 is 5.73 Å². The van der Waals surface area contributed by atoms with Gasteiger partial charge in [0.2, 0.25) is 5.76 Å². The molecule has 0 spiro atoms. The van der Waals surface area contributed by atoms with Gasteiger partial charge in [-0.3, -0.25) is 0 Å². The van der Waals surface area contributed by atoms with Gasteiger partial charge in [0.25, 0.3) is 0 Å². The van der Waals surface area contributed by atoms with Crippen molar-refractivity contribution in [2.24, 2.45) is 5.73 Å². The SMILES string of the molecule is C=C(CN)c1ccc(C(F)(F)F)o1. The van der Waals surface area contributed by atoms with Crippen LogP contribution in [0.3, 0.4) is 0 Å². The van der Waals surface area contributed by atoms with Gasteiger partial charge in [-0.25, -0.2) is 0 Å². The lowest BCUT2D eigenvalue weighted by Gasteiger charge is -2.01. The molecule has 0 fully saturated rings. The standard InChI is InChI=1S/C8H8F3NO/c1-5(4-12)6-2-3-7(13-6)8(9,10)11/h2-3H,1,4,12H2. The summed E-state index contributed by atoms with van der Waals surface area (Å²) >= 11 is 0.